The van der Waals surface area contributed by atoms with Crippen LogP contribution >= 0.6 is 0 Å². The Balaban J connectivity index is 2.19. The lowest BCUT2D eigenvalue weighted by molar-refractivity contribution is 0.351. The van der Waals surface area contributed by atoms with E-state index in [0.717, 1.165) is 31.1 Å². The molecule has 1 saturated heterocycles. The van der Waals surface area contributed by atoms with Gasteiger partial charge in [0.2, 0.25) is 0 Å². The van der Waals surface area contributed by atoms with Crippen molar-refractivity contribution >= 4 is 5.82 Å². The van der Waals surface area contributed by atoms with E-state index in [0.29, 0.717) is 5.92 Å². The Morgan fingerprint density at radius 2 is 2.12 bits per heavy atom. The zero-order valence-electron chi connectivity index (χ0n) is 11.2. The van der Waals surface area contributed by atoms with Crippen molar-refractivity contribution in [3.63, 3.8) is 0 Å². The summed E-state index contributed by atoms with van der Waals surface area (Å²) in [6.07, 6.45) is 1.68. The molecule has 0 spiro atoms. The minimum absolute atomic E-state index is 0.154. The maximum absolute atomic E-state index is 4.40. The molecule has 1 aromatic heterocycles. The largest absolute Gasteiger partial charge is 0.353 e. The fraction of sp³-hybridized carbons (Fsp3) is 0.692. The van der Waals surface area contributed by atoms with Gasteiger partial charge in [-0.1, -0.05) is 13.8 Å². The first-order chi connectivity index (χ1) is 7.98. The monoisotopic (exact) mass is 234 g/mol. The number of aromatic nitrogens is 2. The highest BCUT2D eigenvalue weighted by Gasteiger charge is 2.26. The van der Waals surface area contributed by atoms with Crippen LogP contribution in [0.15, 0.2) is 12.4 Å². The van der Waals surface area contributed by atoms with Crippen LogP contribution in [-0.4, -0.2) is 35.1 Å². The summed E-state index contributed by atoms with van der Waals surface area (Å²) in [7, 11) is 0. The van der Waals surface area contributed by atoms with E-state index in [1.54, 1.807) is 6.33 Å². The van der Waals surface area contributed by atoms with Gasteiger partial charge in [0.25, 0.3) is 0 Å². The molecule has 2 heterocycles. The molecule has 0 saturated carbocycles. The van der Waals surface area contributed by atoms with Gasteiger partial charge in [-0.25, -0.2) is 9.97 Å². The number of piperazine rings is 1. The number of nitrogens with zero attached hydrogens (tertiary/aromatic N) is 3. The van der Waals surface area contributed by atoms with Crippen LogP contribution in [-0.2, 0) is 0 Å². The smallest absolute Gasteiger partial charge is 0.132 e. The summed E-state index contributed by atoms with van der Waals surface area (Å²) in [4.78, 5) is 11.1. The zero-order valence-corrected chi connectivity index (χ0v) is 11.2. The van der Waals surface area contributed by atoms with Gasteiger partial charge in [0, 0.05) is 36.9 Å². The van der Waals surface area contributed by atoms with E-state index in [2.05, 4.69) is 53.9 Å². The maximum atomic E-state index is 4.40. The molecule has 0 aliphatic carbocycles. The number of rotatable bonds is 2. The molecule has 2 rings (SSSR count). The van der Waals surface area contributed by atoms with Gasteiger partial charge in [0.15, 0.2) is 0 Å². The molecule has 94 valence electrons. The number of hydrogen-bond donors (Lipinski definition) is 1. The fourth-order valence-corrected chi connectivity index (χ4v) is 2.19. The third kappa shape index (κ3) is 2.94. The van der Waals surface area contributed by atoms with Crippen LogP contribution in [0.2, 0.25) is 0 Å². The van der Waals surface area contributed by atoms with Gasteiger partial charge in [0.1, 0.15) is 12.1 Å². The molecule has 0 aromatic carbocycles. The van der Waals surface area contributed by atoms with E-state index in [4.69, 9.17) is 0 Å². The van der Waals surface area contributed by atoms with E-state index in [1.807, 2.05) is 0 Å². The second kappa shape index (κ2) is 4.61. The van der Waals surface area contributed by atoms with E-state index < -0.39 is 0 Å². The first-order valence-corrected chi connectivity index (χ1v) is 6.30. The van der Waals surface area contributed by atoms with Gasteiger partial charge in [-0.2, -0.15) is 0 Å². The standard InChI is InChI=1S/C13H22N4/c1-10(2)11-7-12(15-9-14-11)17-6-5-16-13(3,4)8-17/h7,9-10,16H,5-6,8H2,1-4H3. The average molecular weight is 234 g/mol. The molecule has 1 aliphatic heterocycles. The van der Waals surface area contributed by atoms with Crippen LogP contribution in [0.1, 0.15) is 39.3 Å². The van der Waals surface area contributed by atoms with Gasteiger partial charge in [0.05, 0.1) is 0 Å². The van der Waals surface area contributed by atoms with E-state index in [1.165, 1.54) is 0 Å². The van der Waals surface area contributed by atoms with Crippen molar-refractivity contribution in [3.05, 3.63) is 18.1 Å². The van der Waals surface area contributed by atoms with Crippen LogP contribution in [0, 0.1) is 0 Å². The molecule has 4 nitrogen and oxygen atoms in total. The van der Waals surface area contributed by atoms with Crippen molar-refractivity contribution in [2.45, 2.75) is 39.2 Å². The number of hydrogen-bond acceptors (Lipinski definition) is 4. The summed E-state index contributed by atoms with van der Waals surface area (Å²) in [5, 5.41) is 3.51. The van der Waals surface area contributed by atoms with Crippen molar-refractivity contribution in [2.24, 2.45) is 0 Å². The van der Waals surface area contributed by atoms with Gasteiger partial charge < -0.3 is 10.2 Å². The van der Waals surface area contributed by atoms with Crippen molar-refractivity contribution in [2.75, 3.05) is 24.5 Å². The lowest BCUT2D eigenvalue weighted by Crippen LogP contribution is -2.57. The van der Waals surface area contributed by atoms with Gasteiger partial charge >= 0.3 is 0 Å². The Labute approximate surface area is 103 Å². The lowest BCUT2D eigenvalue weighted by Gasteiger charge is -2.39. The summed E-state index contributed by atoms with van der Waals surface area (Å²) in [5.74, 6) is 1.51. The van der Waals surface area contributed by atoms with Crippen LogP contribution < -0.4 is 10.2 Å². The first-order valence-electron chi connectivity index (χ1n) is 6.30. The van der Waals surface area contributed by atoms with Crippen LogP contribution in [0.25, 0.3) is 0 Å². The molecule has 1 aromatic rings. The van der Waals surface area contributed by atoms with Crippen LogP contribution in [0.4, 0.5) is 5.82 Å². The highest BCUT2D eigenvalue weighted by atomic mass is 15.3. The predicted molar refractivity (Wildman–Crippen MR) is 70.4 cm³/mol. The van der Waals surface area contributed by atoms with Crippen molar-refractivity contribution in [1.82, 2.24) is 15.3 Å². The summed E-state index contributed by atoms with van der Waals surface area (Å²) < 4.78 is 0. The molecule has 0 radical (unpaired) electrons. The predicted octanol–water partition coefficient (Wildman–Crippen LogP) is 1.79. The highest BCUT2D eigenvalue weighted by Crippen LogP contribution is 2.20. The number of anilines is 1. The zero-order chi connectivity index (χ0) is 12.5. The third-order valence-electron chi connectivity index (χ3n) is 3.16. The van der Waals surface area contributed by atoms with Crippen LogP contribution in [0.3, 0.4) is 0 Å². The van der Waals surface area contributed by atoms with E-state index in [9.17, 15) is 0 Å². The molecule has 0 bridgehead atoms. The topological polar surface area (TPSA) is 41.0 Å². The van der Waals surface area contributed by atoms with E-state index >= 15 is 0 Å². The lowest BCUT2D eigenvalue weighted by atomic mass is 10.0. The molecular weight excluding hydrogens is 212 g/mol. The van der Waals surface area contributed by atoms with Crippen molar-refractivity contribution in [1.29, 1.82) is 0 Å². The van der Waals surface area contributed by atoms with Crippen LogP contribution in [0.5, 0.6) is 0 Å². The Bertz CT molecular complexity index is 387. The highest BCUT2D eigenvalue weighted by molar-refractivity contribution is 5.41. The Morgan fingerprint density at radius 1 is 1.35 bits per heavy atom. The molecule has 0 unspecified atom stereocenters. The van der Waals surface area contributed by atoms with Gasteiger partial charge in [-0.05, 0) is 19.8 Å². The summed E-state index contributed by atoms with van der Waals surface area (Å²) >= 11 is 0. The third-order valence-corrected chi connectivity index (χ3v) is 3.16. The van der Waals surface area contributed by atoms with E-state index in [-0.39, 0.29) is 5.54 Å². The average Bonchev–Trinajstić information content (AvgIpc) is 2.28. The van der Waals surface area contributed by atoms with Gasteiger partial charge in [-0.3, -0.25) is 0 Å². The minimum Gasteiger partial charge on any atom is -0.353 e. The molecular formula is C13H22N4. The second-order valence-corrected chi connectivity index (χ2v) is 5.69. The molecule has 17 heavy (non-hydrogen) atoms. The van der Waals surface area contributed by atoms with Crippen molar-refractivity contribution < 1.29 is 0 Å². The van der Waals surface area contributed by atoms with Gasteiger partial charge in [-0.15, -0.1) is 0 Å². The first kappa shape index (κ1) is 12.3. The minimum atomic E-state index is 0.154. The molecule has 1 fully saturated rings. The summed E-state index contributed by atoms with van der Waals surface area (Å²) in [5.41, 5.74) is 1.27. The Morgan fingerprint density at radius 3 is 2.76 bits per heavy atom. The molecule has 4 heteroatoms. The Hall–Kier alpha value is -1.16. The normalized spacial score (nSPS) is 19.7. The maximum Gasteiger partial charge on any atom is 0.132 e. The summed E-state index contributed by atoms with van der Waals surface area (Å²) in [6, 6.07) is 2.12. The molecule has 1 aliphatic rings. The second-order valence-electron chi connectivity index (χ2n) is 5.69. The fourth-order valence-electron chi connectivity index (χ4n) is 2.19. The Kier molecular flexibility index (Phi) is 3.33. The quantitative estimate of drug-likeness (QED) is 0.847. The SMILES string of the molecule is CC(C)c1cc(N2CCNC(C)(C)C2)ncn1. The molecule has 1 N–H and O–H groups in total. The summed E-state index contributed by atoms with van der Waals surface area (Å²) in [6.45, 7) is 11.8. The molecule has 0 amide bonds. The molecule has 0 atom stereocenters. The number of nitrogens with one attached hydrogen (secondary N) is 1. The van der Waals surface area contributed by atoms with Crippen molar-refractivity contribution in [3.8, 4) is 0 Å².